The fourth-order valence-electron chi connectivity index (χ4n) is 3.51. The number of hydrogen-bond acceptors (Lipinski definition) is 4. The summed E-state index contributed by atoms with van der Waals surface area (Å²) in [6.45, 7) is 2.60. The summed E-state index contributed by atoms with van der Waals surface area (Å²) in [6.07, 6.45) is -4.55. The highest BCUT2D eigenvalue weighted by atomic mass is 32.1. The molecule has 1 fully saturated rings. The molecule has 0 bridgehead atoms. The second kappa shape index (κ2) is 8.32. The van der Waals surface area contributed by atoms with Crippen LogP contribution < -0.4 is 5.32 Å². The number of alkyl halides is 3. The van der Waals surface area contributed by atoms with Gasteiger partial charge in [-0.3, -0.25) is 4.79 Å². The maximum atomic E-state index is 12.5. The Morgan fingerprint density at radius 3 is 2.57 bits per heavy atom. The van der Waals surface area contributed by atoms with Gasteiger partial charge in [0.05, 0.1) is 6.42 Å². The van der Waals surface area contributed by atoms with Crippen LogP contribution in [0.5, 0.6) is 0 Å². The molecule has 1 aromatic carbocycles. The largest absolute Gasteiger partial charge is 0.490 e. The van der Waals surface area contributed by atoms with E-state index in [4.69, 9.17) is 9.90 Å². The fraction of sp³-hybridized carbons (Fsp3) is 0.368. The van der Waals surface area contributed by atoms with Gasteiger partial charge in [0, 0.05) is 31.6 Å². The number of likely N-dealkylation sites (tertiary alicyclic amines) is 1. The van der Waals surface area contributed by atoms with Crippen LogP contribution in [0, 0.1) is 0 Å². The first-order chi connectivity index (χ1) is 13.3. The van der Waals surface area contributed by atoms with Crippen molar-refractivity contribution < 1.29 is 27.9 Å². The van der Waals surface area contributed by atoms with E-state index in [2.05, 4.69) is 35.0 Å². The van der Waals surface area contributed by atoms with Gasteiger partial charge < -0.3 is 15.3 Å². The van der Waals surface area contributed by atoms with Crippen LogP contribution in [0.4, 0.5) is 13.2 Å². The predicted molar refractivity (Wildman–Crippen MR) is 98.1 cm³/mol. The van der Waals surface area contributed by atoms with E-state index in [9.17, 15) is 18.0 Å². The first kappa shape index (κ1) is 20.3. The molecular weight excluding hydrogens is 393 g/mol. The lowest BCUT2D eigenvalue weighted by atomic mass is 9.87. The van der Waals surface area contributed by atoms with Crippen LogP contribution in [-0.2, 0) is 22.6 Å². The van der Waals surface area contributed by atoms with E-state index in [-0.39, 0.29) is 5.91 Å². The number of carbonyl (C=O) groups excluding carboxylic acids is 1. The molecule has 2 aliphatic rings. The third-order valence-corrected chi connectivity index (χ3v) is 5.59. The van der Waals surface area contributed by atoms with Gasteiger partial charge in [0.1, 0.15) is 0 Å². The van der Waals surface area contributed by atoms with Crippen LogP contribution in [-0.4, -0.2) is 47.2 Å². The van der Waals surface area contributed by atoms with Crippen molar-refractivity contribution in [3.63, 3.8) is 0 Å². The first-order valence-electron chi connectivity index (χ1n) is 8.66. The highest BCUT2D eigenvalue weighted by Gasteiger charge is 2.39. The molecule has 2 N–H and O–H groups in total. The topological polar surface area (TPSA) is 69.6 Å². The predicted octanol–water partition coefficient (Wildman–Crippen LogP) is 3.02. The van der Waals surface area contributed by atoms with Gasteiger partial charge in [-0.15, -0.1) is 0 Å². The maximum absolute atomic E-state index is 12.5. The molecule has 0 saturated carbocycles. The molecule has 0 aliphatic carbocycles. The zero-order chi connectivity index (χ0) is 20.3. The molecule has 2 aromatic rings. The van der Waals surface area contributed by atoms with Crippen LogP contribution in [0.1, 0.15) is 22.6 Å². The van der Waals surface area contributed by atoms with Crippen LogP contribution in [0.2, 0.25) is 0 Å². The Morgan fingerprint density at radius 2 is 1.93 bits per heavy atom. The van der Waals surface area contributed by atoms with E-state index in [1.54, 1.807) is 11.3 Å². The monoisotopic (exact) mass is 412 g/mol. The van der Waals surface area contributed by atoms with Crippen molar-refractivity contribution in [2.75, 3.05) is 13.1 Å². The van der Waals surface area contributed by atoms with Gasteiger partial charge in [-0.25, -0.2) is 4.79 Å². The average molecular weight is 412 g/mol. The molecule has 150 valence electrons. The molecule has 4 rings (SSSR count). The fourth-order valence-corrected chi connectivity index (χ4v) is 4.18. The van der Waals surface area contributed by atoms with E-state index in [0.29, 0.717) is 18.4 Å². The lowest BCUT2D eigenvalue weighted by molar-refractivity contribution is -0.192. The Labute approximate surface area is 163 Å². The number of carboxylic acids is 1. The summed E-state index contributed by atoms with van der Waals surface area (Å²) in [5.74, 6) is -2.06. The van der Waals surface area contributed by atoms with Gasteiger partial charge in [-0.1, -0.05) is 24.3 Å². The van der Waals surface area contributed by atoms with Gasteiger partial charge in [-0.05, 0) is 33.5 Å². The second-order valence-electron chi connectivity index (χ2n) is 6.70. The molecule has 1 saturated heterocycles. The Morgan fingerprint density at radius 1 is 1.21 bits per heavy atom. The molecule has 3 heterocycles. The molecule has 1 aromatic heterocycles. The van der Waals surface area contributed by atoms with Gasteiger partial charge >= 0.3 is 12.1 Å². The summed E-state index contributed by atoms with van der Waals surface area (Å²) in [5.41, 5.74) is 3.94. The number of amides is 1. The summed E-state index contributed by atoms with van der Waals surface area (Å²) in [7, 11) is 0. The summed E-state index contributed by atoms with van der Waals surface area (Å²) in [5, 5.41) is 14.8. The lowest BCUT2D eigenvalue weighted by Crippen LogP contribution is -2.39. The summed E-state index contributed by atoms with van der Waals surface area (Å²) in [4.78, 5) is 23.4. The van der Waals surface area contributed by atoms with Crippen molar-refractivity contribution >= 4 is 23.2 Å². The van der Waals surface area contributed by atoms with Crippen molar-refractivity contribution in [3.05, 3.63) is 57.8 Å². The van der Waals surface area contributed by atoms with Crippen molar-refractivity contribution in [1.82, 2.24) is 10.2 Å². The van der Waals surface area contributed by atoms with Gasteiger partial charge in [0.2, 0.25) is 5.91 Å². The molecule has 2 aliphatic heterocycles. The quantitative estimate of drug-likeness (QED) is 0.796. The molecule has 0 unspecified atom stereocenters. The van der Waals surface area contributed by atoms with Crippen molar-refractivity contribution in [2.45, 2.75) is 31.1 Å². The second-order valence-corrected chi connectivity index (χ2v) is 7.48. The van der Waals surface area contributed by atoms with Crippen LogP contribution in [0.3, 0.4) is 0 Å². The number of fused-ring (bicyclic) bond motifs is 3. The van der Waals surface area contributed by atoms with Crippen molar-refractivity contribution in [3.8, 4) is 0 Å². The standard InChI is InChI=1S/C17H18N2OS.C2HF3O2/c20-17(7-12-5-6-21-11-12)19-9-15-14-4-2-1-3-13(14)8-18-16(15)10-19;3-2(4,5)1(6)7/h1-6,11,15-16,18H,7-10H2;(H,6,7)/t15-,16-;/m0./s1. The number of carboxylic acid groups (broad SMARTS) is 1. The van der Waals surface area contributed by atoms with E-state index < -0.39 is 12.1 Å². The Bertz CT molecular complexity index is 839. The average Bonchev–Trinajstić information content (AvgIpc) is 3.30. The maximum Gasteiger partial charge on any atom is 0.490 e. The van der Waals surface area contributed by atoms with Gasteiger partial charge in [-0.2, -0.15) is 24.5 Å². The number of rotatable bonds is 2. The molecule has 2 atom stereocenters. The number of halogens is 3. The highest BCUT2D eigenvalue weighted by molar-refractivity contribution is 7.08. The van der Waals surface area contributed by atoms with E-state index in [0.717, 1.165) is 25.2 Å². The molecule has 9 heteroatoms. The molecule has 1 amide bonds. The molecule has 28 heavy (non-hydrogen) atoms. The normalized spacial score (nSPS) is 20.6. The van der Waals surface area contributed by atoms with E-state index in [1.807, 2.05) is 16.3 Å². The van der Waals surface area contributed by atoms with Crippen molar-refractivity contribution in [1.29, 1.82) is 0 Å². The zero-order valence-corrected chi connectivity index (χ0v) is 15.6. The van der Waals surface area contributed by atoms with Crippen molar-refractivity contribution in [2.24, 2.45) is 0 Å². The first-order valence-corrected chi connectivity index (χ1v) is 9.60. The number of thiophene rings is 1. The highest BCUT2D eigenvalue weighted by Crippen LogP contribution is 2.33. The number of aliphatic carboxylic acids is 1. The van der Waals surface area contributed by atoms with E-state index >= 15 is 0 Å². The molecule has 5 nitrogen and oxygen atoms in total. The number of hydrogen-bond donors (Lipinski definition) is 2. The zero-order valence-electron chi connectivity index (χ0n) is 14.8. The SMILES string of the molecule is O=C(Cc1ccsc1)N1C[C@@H]2NCc3ccccc3[C@@H]2C1.O=C(O)C(F)(F)F. The Hall–Kier alpha value is -2.39. The minimum atomic E-state index is -5.08. The lowest BCUT2D eigenvalue weighted by Gasteiger charge is -2.28. The number of nitrogens with one attached hydrogen (secondary N) is 1. The van der Waals surface area contributed by atoms with Crippen LogP contribution in [0.15, 0.2) is 41.1 Å². The third-order valence-electron chi connectivity index (χ3n) is 4.86. The summed E-state index contributed by atoms with van der Waals surface area (Å²) >= 11 is 1.65. The number of carbonyl (C=O) groups is 2. The van der Waals surface area contributed by atoms with E-state index in [1.165, 1.54) is 11.1 Å². The minimum absolute atomic E-state index is 0.252. The molecule has 0 radical (unpaired) electrons. The Balaban J connectivity index is 0.000000279. The Kier molecular flexibility index (Phi) is 6.04. The summed E-state index contributed by atoms with van der Waals surface area (Å²) < 4.78 is 31.7. The molecular formula is C19H19F3N2O3S. The van der Waals surface area contributed by atoms with Gasteiger partial charge in [0.15, 0.2) is 0 Å². The number of benzene rings is 1. The summed E-state index contributed by atoms with van der Waals surface area (Å²) in [6, 6.07) is 11.1. The minimum Gasteiger partial charge on any atom is -0.475 e. The smallest absolute Gasteiger partial charge is 0.475 e. The van der Waals surface area contributed by atoms with Gasteiger partial charge in [0.25, 0.3) is 0 Å². The third kappa shape index (κ3) is 4.71. The number of nitrogens with zero attached hydrogens (tertiary/aromatic N) is 1. The van der Waals surface area contributed by atoms with Crippen LogP contribution >= 0.6 is 11.3 Å². The van der Waals surface area contributed by atoms with Crippen LogP contribution in [0.25, 0.3) is 0 Å². The molecule has 0 spiro atoms.